The van der Waals surface area contributed by atoms with Gasteiger partial charge in [-0.3, -0.25) is 13.8 Å². The highest BCUT2D eigenvalue weighted by molar-refractivity contribution is 7.84. The lowest BCUT2D eigenvalue weighted by Gasteiger charge is -2.27. The highest BCUT2D eigenvalue weighted by Crippen LogP contribution is 2.27. The lowest BCUT2D eigenvalue weighted by molar-refractivity contribution is -0.156. The van der Waals surface area contributed by atoms with Crippen LogP contribution in [0.25, 0.3) is 0 Å². The molecule has 0 spiro atoms. The molecule has 0 saturated carbocycles. The molecule has 2 atom stereocenters. The maximum absolute atomic E-state index is 12.1. The van der Waals surface area contributed by atoms with E-state index < -0.39 is 28.1 Å². The molecule has 112 valence electrons. The molecule has 0 radical (unpaired) electrons. The number of esters is 1. The maximum Gasteiger partial charge on any atom is 0.319 e. The first-order chi connectivity index (χ1) is 8.70. The third-order valence-corrected chi connectivity index (χ3v) is 3.42. The van der Waals surface area contributed by atoms with Crippen LogP contribution in [0.2, 0.25) is 0 Å². The average Bonchev–Trinajstić information content (AvgIpc) is 2.22. The summed E-state index contributed by atoms with van der Waals surface area (Å²) in [6, 6.07) is 0. The van der Waals surface area contributed by atoms with Gasteiger partial charge in [-0.1, -0.05) is 20.8 Å². The van der Waals surface area contributed by atoms with Crippen molar-refractivity contribution in [3.63, 3.8) is 0 Å². The molecule has 1 N–H and O–H groups in total. The van der Waals surface area contributed by atoms with Gasteiger partial charge in [-0.2, -0.15) is 0 Å². The van der Waals surface area contributed by atoms with Gasteiger partial charge in [0.05, 0.1) is 6.61 Å². The van der Waals surface area contributed by atoms with Gasteiger partial charge in [-0.25, -0.2) is 0 Å². The van der Waals surface area contributed by atoms with E-state index in [1.54, 1.807) is 13.2 Å². The first kappa shape index (κ1) is 18.1. The van der Waals surface area contributed by atoms with Gasteiger partial charge in [0.25, 0.3) is 0 Å². The van der Waals surface area contributed by atoms with Crippen molar-refractivity contribution in [2.24, 2.45) is 11.3 Å². The molecule has 0 aromatic heterocycles. The van der Waals surface area contributed by atoms with Gasteiger partial charge in [0, 0.05) is 29.4 Å². The second kappa shape index (κ2) is 8.30. The lowest BCUT2D eigenvalue weighted by atomic mass is 9.80. The van der Waals surface area contributed by atoms with Crippen LogP contribution in [0.4, 0.5) is 0 Å². The van der Waals surface area contributed by atoms with E-state index in [0.717, 1.165) is 0 Å². The summed E-state index contributed by atoms with van der Waals surface area (Å²) < 4.78 is 15.8. The summed E-state index contributed by atoms with van der Waals surface area (Å²) in [5.41, 5.74) is -0.496. The monoisotopic (exact) mass is 291 g/mol. The molecule has 5 nitrogen and oxygen atoms in total. The van der Waals surface area contributed by atoms with E-state index >= 15 is 0 Å². The Morgan fingerprint density at radius 2 is 1.89 bits per heavy atom. The van der Waals surface area contributed by atoms with Gasteiger partial charge in [-0.15, -0.1) is 0 Å². The van der Waals surface area contributed by atoms with Gasteiger partial charge >= 0.3 is 5.97 Å². The third kappa shape index (κ3) is 7.30. The molecule has 1 amide bonds. The molecule has 0 aromatic carbocycles. The molecule has 0 aliphatic heterocycles. The van der Waals surface area contributed by atoms with Crippen molar-refractivity contribution in [3.8, 4) is 0 Å². The minimum absolute atomic E-state index is 0.257. The predicted octanol–water partition coefficient (Wildman–Crippen LogP) is 1.10. The smallest absolute Gasteiger partial charge is 0.319 e. The number of hydrogen-bond acceptors (Lipinski definition) is 4. The Hall–Kier alpha value is -0.910. The van der Waals surface area contributed by atoms with Crippen LogP contribution < -0.4 is 5.32 Å². The van der Waals surface area contributed by atoms with E-state index in [9.17, 15) is 13.8 Å². The summed E-state index contributed by atoms with van der Waals surface area (Å²) in [5, 5.41) is 2.71. The SMILES string of the molecule is CCOC(=O)C(C(=O)NCCCS(C)=O)C(C)(C)C. The molecule has 6 heteroatoms. The summed E-state index contributed by atoms with van der Waals surface area (Å²) in [5.74, 6) is -1.10. The van der Waals surface area contributed by atoms with Gasteiger partial charge in [0.1, 0.15) is 5.92 Å². The fourth-order valence-corrected chi connectivity index (χ4v) is 2.22. The fourth-order valence-electron chi connectivity index (χ4n) is 1.67. The number of carbonyl (C=O) groups excluding carboxylic acids is 2. The number of amides is 1. The van der Waals surface area contributed by atoms with Gasteiger partial charge in [0.15, 0.2) is 0 Å². The van der Waals surface area contributed by atoms with Crippen LogP contribution in [0.15, 0.2) is 0 Å². The van der Waals surface area contributed by atoms with Gasteiger partial charge in [-0.05, 0) is 18.8 Å². The number of nitrogens with one attached hydrogen (secondary N) is 1. The minimum atomic E-state index is -0.863. The predicted molar refractivity (Wildman–Crippen MR) is 76.1 cm³/mol. The standard InChI is InChI=1S/C13H25NO4S/c1-6-18-12(16)10(13(2,3)4)11(15)14-8-7-9-19(5)17/h10H,6-9H2,1-5H3,(H,14,15). The average molecular weight is 291 g/mol. The zero-order valence-electron chi connectivity index (χ0n) is 12.4. The van der Waals surface area contributed by atoms with Crippen LogP contribution in [0.1, 0.15) is 34.1 Å². The Bertz CT molecular complexity index is 336. The zero-order valence-corrected chi connectivity index (χ0v) is 13.3. The highest BCUT2D eigenvalue weighted by Gasteiger charge is 2.38. The zero-order chi connectivity index (χ0) is 15.1. The lowest BCUT2D eigenvalue weighted by Crippen LogP contribution is -2.44. The van der Waals surface area contributed by atoms with E-state index in [1.165, 1.54) is 0 Å². The van der Waals surface area contributed by atoms with Crippen molar-refractivity contribution in [2.45, 2.75) is 34.1 Å². The Morgan fingerprint density at radius 1 is 1.32 bits per heavy atom. The van der Waals surface area contributed by atoms with Crippen molar-refractivity contribution >= 4 is 22.7 Å². The van der Waals surface area contributed by atoms with Crippen LogP contribution in [0, 0.1) is 11.3 Å². The summed E-state index contributed by atoms with van der Waals surface area (Å²) >= 11 is 0. The van der Waals surface area contributed by atoms with E-state index in [4.69, 9.17) is 4.74 Å². The van der Waals surface area contributed by atoms with Gasteiger partial charge in [0.2, 0.25) is 5.91 Å². The normalized spacial score (nSPS) is 14.6. The molecule has 0 heterocycles. The Balaban J connectivity index is 4.48. The molecule has 0 aromatic rings. The molecular weight excluding hydrogens is 266 g/mol. The van der Waals surface area contributed by atoms with E-state index in [0.29, 0.717) is 18.7 Å². The third-order valence-electron chi connectivity index (χ3n) is 2.56. The summed E-state index contributed by atoms with van der Waals surface area (Å²) in [6.45, 7) is 7.88. The topological polar surface area (TPSA) is 72.5 Å². The molecule has 0 fully saturated rings. The second-order valence-corrected chi connectivity index (χ2v) is 7.03. The quantitative estimate of drug-likeness (QED) is 0.433. The fraction of sp³-hybridized carbons (Fsp3) is 0.846. The first-order valence-electron chi connectivity index (χ1n) is 6.44. The largest absolute Gasteiger partial charge is 0.465 e. The van der Waals surface area contributed by atoms with Crippen LogP contribution in [-0.2, 0) is 25.1 Å². The van der Waals surface area contributed by atoms with E-state index in [-0.39, 0.29) is 12.5 Å². The van der Waals surface area contributed by atoms with Crippen molar-refractivity contribution < 1.29 is 18.5 Å². The molecule has 0 rings (SSSR count). The molecule has 0 aliphatic rings. The molecule has 0 bridgehead atoms. The summed E-state index contributed by atoms with van der Waals surface area (Å²) in [6.07, 6.45) is 2.26. The van der Waals surface area contributed by atoms with Gasteiger partial charge < -0.3 is 10.1 Å². The number of hydrogen-bond donors (Lipinski definition) is 1. The van der Waals surface area contributed by atoms with E-state index in [2.05, 4.69) is 5.32 Å². The van der Waals surface area contributed by atoms with Crippen LogP contribution in [0.3, 0.4) is 0 Å². The van der Waals surface area contributed by atoms with Crippen LogP contribution in [0.5, 0.6) is 0 Å². The Morgan fingerprint density at radius 3 is 2.32 bits per heavy atom. The van der Waals surface area contributed by atoms with Crippen molar-refractivity contribution in [2.75, 3.05) is 25.2 Å². The number of rotatable bonds is 7. The molecule has 19 heavy (non-hydrogen) atoms. The second-order valence-electron chi connectivity index (χ2n) is 5.47. The molecule has 2 unspecified atom stereocenters. The maximum atomic E-state index is 12.1. The summed E-state index contributed by atoms with van der Waals surface area (Å²) in [7, 11) is -0.863. The summed E-state index contributed by atoms with van der Waals surface area (Å²) in [4.78, 5) is 23.9. The van der Waals surface area contributed by atoms with Crippen molar-refractivity contribution in [1.29, 1.82) is 0 Å². The minimum Gasteiger partial charge on any atom is -0.465 e. The van der Waals surface area contributed by atoms with Crippen LogP contribution in [-0.4, -0.2) is 41.2 Å². The number of carbonyl (C=O) groups is 2. The highest BCUT2D eigenvalue weighted by atomic mass is 32.2. The molecule has 0 aliphatic carbocycles. The molecular formula is C13H25NO4S. The van der Waals surface area contributed by atoms with Crippen LogP contribution >= 0.6 is 0 Å². The van der Waals surface area contributed by atoms with E-state index in [1.807, 2.05) is 20.8 Å². The Labute approximate surface area is 117 Å². The Kier molecular flexibility index (Phi) is 7.90. The molecule has 0 saturated heterocycles. The van der Waals surface area contributed by atoms with Crippen molar-refractivity contribution in [3.05, 3.63) is 0 Å². The van der Waals surface area contributed by atoms with Crippen molar-refractivity contribution in [1.82, 2.24) is 5.32 Å². The first-order valence-corrected chi connectivity index (χ1v) is 8.17. The number of ether oxygens (including phenoxy) is 1.